The molecule has 1 N–H and O–H groups in total. The number of rotatable bonds is 2. The van der Waals surface area contributed by atoms with Gasteiger partial charge in [-0.15, -0.1) is 0 Å². The van der Waals surface area contributed by atoms with Crippen LogP contribution in [0.2, 0.25) is 0 Å². The van der Waals surface area contributed by atoms with Crippen molar-refractivity contribution in [2.45, 2.75) is 63.5 Å². The summed E-state index contributed by atoms with van der Waals surface area (Å²) < 4.78 is 5.69. The van der Waals surface area contributed by atoms with E-state index in [9.17, 15) is 0 Å². The van der Waals surface area contributed by atoms with Gasteiger partial charge in [0.05, 0.1) is 6.61 Å². The van der Waals surface area contributed by atoms with Crippen molar-refractivity contribution in [2.75, 3.05) is 32.8 Å². The fourth-order valence-electron chi connectivity index (χ4n) is 4.17. The molecule has 2 saturated heterocycles. The highest BCUT2D eigenvalue weighted by Gasteiger charge is 2.30. The molecular formula is C16H30N2O. The van der Waals surface area contributed by atoms with Crippen molar-refractivity contribution in [3.8, 4) is 0 Å². The molecule has 0 spiro atoms. The Kier molecular flexibility index (Phi) is 5.14. The molecule has 2 heterocycles. The van der Waals surface area contributed by atoms with Crippen LogP contribution in [0.4, 0.5) is 0 Å². The molecule has 0 amide bonds. The molecule has 0 aromatic heterocycles. The molecule has 3 fully saturated rings. The second kappa shape index (κ2) is 7.05. The van der Waals surface area contributed by atoms with Gasteiger partial charge in [0, 0.05) is 25.2 Å². The second-order valence-electron chi connectivity index (χ2n) is 6.68. The van der Waals surface area contributed by atoms with Gasteiger partial charge in [-0.2, -0.15) is 0 Å². The maximum atomic E-state index is 5.69. The van der Waals surface area contributed by atoms with Crippen molar-refractivity contribution in [3.05, 3.63) is 0 Å². The number of ether oxygens (including phenoxy) is 1. The SMILES string of the molecule is C1CCC(C2CN(C3CCCOC3)CCCN2)CC1. The van der Waals surface area contributed by atoms with Gasteiger partial charge in [0.1, 0.15) is 0 Å². The van der Waals surface area contributed by atoms with E-state index in [1.807, 2.05) is 0 Å². The van der Waals surface area contributed by atoms with Crippen molar-refractivity contribution in [3.63, 3.8) is 0 Å². The van der Waals surface area contributed by atoms with E-state index in [1.54, 1.807) is 0 Å². The standard InChI is InChI=1S/C16H30N2O/c1-2-6-14(7-3-1)16-12-18(10-5-9-17-16)15-8-4-11-19-13-15/h14-17H,1-13H2. The van der Waals surface area contributed by atoms with Crippen LogP contribution >= 0.6 is 0 Å². The summed E-state index contributed by atoms with van der Waals surface area (Å²) >= 11 is 0. The zero-order valence-electron chi connectivity index (χ0n) is 12.3. The predicted molar refractivity (Wildman–Crippen MR) is 78.4 cm³/mol. The van der Waals surface area contributed by atoms with E-state index in [0.29, 0.717) is 6.04 Å². The summed E-state index contributed by atoms with van der Waals surface area (Å²) in [6.45, 7) is 5.69. The van der Waals surface area contributed by atoms with Crippen LogP contribution < -0.4 is 5.32 Å². The van der Waals surface area contributed by atoms with Gasteiger partial charge in [0.2, 0.25) is 0 Å². The Bertz CT molecular complexity index is 233. The van der Waals surface area contributed by atoms with Gasteiger partial charge in [0.25, 0.3) is 0 Å². The van der Waals surface area contributed by atoms with Crippen LogP contribution in [0.1, 0.15) is 51.4 Å². The molecule has 3 nitrogen and oxygen atoms in total. The van der Waals surface area contributed by atoms with Crippen molar-refractivity contribution in [1.82, 2.24) is 10.2 Å². The lowest BCUT2D eigenvalue weighted by molar-refractivity contribution is 0.0145. The normalized spacial score (nSPS) is 36.0. The van der Waals surface area contributed by atoms with Gasteiger partial charge in [-0.1, -0.05) is 19.3 Å². The molecule has 0 aromatic carbocycles. The Morgan fingerprint density at radius 2 is 1.84 bits per heavy atom. The quantitative estimate of drug-likeness (QED) is 0.830. The lowest BCUT2D eigenvalue weighted by atomic mass is 9.83. The molecule has 3 aliphatic rings. The third-order valence-corrected chi connectivity index (χ3v) is 5.33. The van der Waals surface area contributed by atoms with Crippen LogP contribution in [0.3, 0.4) is 0 Å². The van der Waals surface area contributed by atoms with Crippen LogP contribution in [-0.4, -0.2) is 49.8 Å². The third-order valence-electron chi connectivity index (χ3n) is 5.33. The fourth-order valence-corrected chi connectivity index (χ4v) is 4.17. The van der Waals surface area contributed by atoms with Crippen LogP contribution in [0, 0.1) is 5.92 Å². The maximum absolute atomic E-state index is 5.69. The Labute approximate surface area is 118 Å². The van der Waals surface area contributed by atoms with Gasteiger partial charge in [0.15, 0.2) is 0 Å². The lowest BCUT2D eigenvalue weighted by Crippen LogP contribution is -2.48. The highest BCUT2D eigenvalue weighted by Crippen LogP contribution is 2.28. The minimum Gasteiger partial charge on any atom is -0.380 e. The van der Waals surface area contributed by atoms with Crippen LogP contribution in [0.15, 0.2) is 0 Å². The Morgan fingerprint density at radius 1 is 0.947 bits per heavy atom. The van der Waals surface area contributed by atoms with Crippen LogP contribution in [-0.2, 0) is 4.74 Å². The van der Waals surface area contributed by atoms with Crippen LogP contribution in [0.25, 0.3) is 0 Å². The molecule has 1 aliphatic carbocycles. The summed E-state index contributed by atoms with van der Waals surface area (Å²) in [5.41, 5.74) is 0. The Hall–Kier alpha value is -0.120. The van der Waals surface area contributed by atoms with E-state index in [2.05, 4.69) is 10.2 Å². The molecule has 1 saturated carbocycles. The van der Waals surface area contributed by atoms with Gasteiger partial charge in [-0.3, -0.25) is 4.90 Å². The molecule has 2 aliphatic heterocycles. The highest BCUT2D eigenvalue weighted by atomic mass is 16.5. The van der Waals surface area contributed by atoms with Gasteiger partial charge in [-0.25, -0.2) is 0 Å². The minimum absolute atomic E-state index is 0.694. The molecule has 3 rings (SSSR count). The fraction of sp³-hybridized carbons (Fsp3) is 1.00. The molecule has 3 heteroatoms. The zero-order valence-corrected chi connectivity index (χ0v) is 12.3. The summed E-state index contributed by atoms with van der Waals surface area (Å²) in [5, 5.41) is 3.84. The first-order valence-corrected chi connectivity index (χ1v) is 8.48. The first-order chi connectivity index (χ1) is 9.43. The number of nitrogens with one attached hydrogen (secondary N) is 1. The molecule has 19 heavy (non-hydrogen) atoms. The van der Waals surface area contributed by atoms with Crippen molar-refractivity contribution in [2.24, 2.45) is 5.92 Å². The third kappa shape index (κ3) is 3.71. The largest absolute Gasteiger partial charge is 0.380 e. The molecule has 0 radical (unpaired) electrons. The average Bonchev–Trinajstić information content (AvgIpc) is 2.75. The van der Waals surface area contributed by atoms with Crippen molar-refractivity contribution >= 4 is 0 Å². The van der Waals surface area contributed by atoms with Gasteiger partial charge in [-0.05, 0) is 51.1 Å². The van der Waals surface area contributed by atoms with Gasteiger partial charge >= 0.3 is 0 Å². The summed E-state index contributed by atoms with van der Waals surface area (Å²) in [4.78, 5) is 2.73. The van der Waals surface area contributed by atoms with E-state index in [1.165, 1.54) is 71.0 Å². The van der Waals surface area contributed by atoms with Gasteiger partial charge < -0.3 is 10.1 Å². The smallest absolute Gasteiger partial charge is 0.0621 e. The summed E-state index contributed by atoms with van der Waals surface area (Å²) in [6.07, 6.45) is 11.2. The van der Waals surface area contributed by atoms with E-state index < -0.39 is 0 Å². The average molecular weight is 266 g/mol. The highest BCUT2D eigenvalue weighted by molar-refractivity contribution is 4.87. The molecule has 0 bridgehead atoms. The molecule has 2 unspecified atom stereocenters. The van der Waals surface area contributed by atoms with Crippen LogP contribution in [0.5, 0.6) is 0 Å². The first kappa shape index (κ1) is 13.8. The number of hydrogen-bond acceptors (Lipinski definition) is 3. The van der Waals surface area contributed by atoms with E-state index in [4.69, 9.17) is 4.74 Å². The molecular weight excluding hydrogens is 236 g/mol. The second-order valence-corrected chi connectivity index (χ2v) is 6.68. The summed E-state index contributed by atoms with van der Waals surface area (Å²) in [5.74, 6) is 0.929. The molecule has 2 atom stereocenters. The number of hydrogen-bond donors (Lipinski definition) is 1. The van der Waals surface area contributed by atoms with Crippen molar-refractivity contribution < 1.29 is 4.74 Å². The summed E-state index contributed by atoms with van der Waals surface area (Å²) in [6, 6.07) is 1.43. The van der Waals surface area contributed by atoms with E-state index in [-0.39, 0.29) is 0 Å². The lowest BCUT2D eigenvalue weighted by Gasteiger charge is -2.37. The summed E-state index contributed by atoms with van der Waals surface area (Å²) in [7, 11) is 0. The Morgan fingerprint density at radius 3 is 2.63 bits per heavy atom. The molecule has 110 valence electrons. The topological polar surface area (TPSA) is 24.5 Å². The van der Waals surface area contributed by atoms with E-state index >= 15 is 0 Å². The zero-order chi connectivity index (χ0) is 12.9. The van der Waals surface area contributed by atoms with E-state index in [0.717, 1.165) is 25.2 Å². The minimum atomic E-state index is 0.694. The molecule has 0 aromatic rings. The maximum Gasteiger partial charge on any atom is 0.0621 e. The number of nitrogens with zero attached hydrogens (tertiary/aromatic N) is 1. The predicted octanol–water partition coefficient (Wildman–Crippen LogP) is 2.41. The monoisotopic (exact) mass is 266 g/mol. The first-order valence-electron chi connectivity index (χ1n) is 8.48. The Balaban J connectivity index is 1.58. The van der Waals surface area contributed by atoms with Crippen molar-refractivity contribution in [1.29, 1.82) is 0 Å².